The number of fused-ring (bicyclic) bond motifs is 1. The molecule has 24 heavy (non-hydrogen) atoms. The van der Waals surface area contributed by atoms with E-state index in [-0.39, 0.29) is 0 Å². The topological polar surface area (TPSA) is 83.8 Å². The third-order valence-electron chi connectivity index (χ3n) is 4.10. The van der Waals surface area contributed by atoms with Crippen molar-refractivity contribution in [2.24, 2.45) is 0 Å². The number of carboxylic acids is 1. The highest BCUT2D eigenvalue weighted by Crippen LogP contribution is 2.20. The lowest BCUT2D eigenvalue weighted by Gasteiger charge is -2.12. The summed E-state index contributed by atoms with van der Waals surface area (Å²) in [4.78, 5) is 15.7. The second-order valence-corrected chi connectivity index (χ2v) is 5.78. The Labute approximate surface area is 139 Å². The number of hydrogen-bond donors (Lipinski definition) is 1. The summed E-state index contributed by atoms with van der Waals surface area (Å²) in [6.45, 7) is 2.50. The minimum absolute atomic E-state index is 0.532. The van der Waals surface area contributed by atoms with Gasteiger partial charge in [-0.2, -0.15) is 5.26 Å². The lowest BCUT2D eigenvalue weighted by molar-refractivity contribution is -0.141. The van der Waals surface area contributed by atoms with Crippen molar-refractivity contribution in [3.63, 3.8) is 0 Å². The standard InChI is InChI=1S/C18H18N4O2/c1-2-3-16(18(23)24)22-11-15(20-12-22)10-21-7-6-14-5-4-13(9-19)8-17(14)21/h4-8,11-12,16H,2-3,10H2,1H3,(H,23,24). The molecule has 0 amide bonds. The first-order valence-corrected chi connectivity index (χ1v) is 7.86. The van der Waals surface area contributed by atoms with E-state index < -0.39 is 12.0 Å². The Kier molecular flexibility index (Phi) is 4.34. The van der Waals surface area contributed by atoms with Crippen molar-refractivity contribution in [2.75, 3.05) is 0 Å². The van der Waals surface area contributed by atoms with Gasteiger partial charge in [-0.3, -0.25) is 0 Å². The summed E-state index contributed by atoms with van der Waals surface area (Å²) in [7, 11) is 0. The molecule has 1 unspecified atom stereocenters. The molecule has 0 saturated heterocycles. The smallest absolute Gasteiger partial charge is 0.326 e. The predicted molar refractivity (Wildman–Crippen MR) is 89.6 cm³/mol. The largest absolute Gasteiger partial charge is 0.480 e. The molecule has 0 spiro atoms. The minimum Gasteiger partial charge on any atom is -0.480 e. The van der Waals surface area contributed by atoms with Crippen molar-refractivity contribution in [1.29, 1.82) is 5.26 Å². The van der Waals surface area contributed by atoms with Crippen molar-refractivity contribution in [1.82, 2.24) is 14.1 Å². The quantitative estimate of drug-likeness (QED) is 0.755. The highest BCUT2D eigenvalue weighted by molar-refractivity contribution is 5.81. The molecule has 6 nitrogen and oxygen atoms in total. The summed E-state index contributed by atoms with van der Waals surface area (Å²) in [5, 5.41) is 19.4. The van der Waals surface area contributed by atoms with Crippen LogP contribution in [0.3, 0.4) is 0 Å². The summed E-state index contributed by atoms with van der Waals surface area (Å²) in [5.74, 6) is -0.842. The van der Waals surface area contributed by atoms with E-state index in [0.29, 0.717) is 18.5 Å². The lowest BCUT2D eigenvalue weighted by atomic mass is 10.1. The molecule has 2 heterocycles. The van der Waals surface area contributed by atoms with Gasteiger partial charge in [-0.05, 0) is 30.0 Å². The molecule has 0 saturated carbocycles. The van der Waals surface area contributed by atoms with Gasteiger partial charge < -0.3 is 14.2 Å². The molecule has 1 aromatic carbocycles. The van der Waals surface area contributed by atoms with Crippen LogP contribution in [-0.2, 0) is 11.3 Å². The van der Waals surface area contributed by atoms with Gasteiger partial charge in [0.2, 0.25) is 0 Å². The van der Waals surface area contributed by atoms with Crippen LogP contribution in [0.5, 0.6) is 0 Å². The maximum Gasteiger partial charge on any atom is 0.326 e. The van der Waals surface area contributed by atoms with Gasteiger partial charge in [-0.15, -0.1) is 0 Å². The van der Waals surface area contributed by atoms with E-state index in [9.17, 15) is 9.90 Å². The number of hydrogen-bond acceptors (Lipinski definition) is 3. The second kappa shape index (κ2) is 6.59. The van der Waals surface area contributed by atoms with Crippen LogP contribution in [0.15, 0.2) is 43.0 Å². The van der Waals surface area contributed by atoms with E-state index in [1.807, 2.05) is 35.9 Å². The van der Waals surface area contributed by atoms with Gasteiger partial charge >= 0.3 is 5.97 Å². The SMILES string of the molecule is CCCC(C(=O)O)n1cnc(Cn2ccc3ccc(C#N)cc32)c1. The van der Waals surface area contributed by atoms with Crippen LogP contribution < -0.4 is 0 Å². The molecular formula is C18H18N4O2. The monoisotopic (exact) mass is 322 g/mol. The Hall–Kier alpha value is -3.07. The fraction of sp³-hybridized carbons (Fsp3) is 0.278. The van der Waals surface area contributed by atoms with Gasteiger partial charge in [0, 0.05) is 17.9 Å². The number of rotatable bonds is 6. The van der Waals surface area contributed by atoms with Crippen LogP contribution in [0.2, 0.25) is 0 Å². The molecule has 0 bridgehead atoms. The molecule has 3 aromatic rings. The summed E-state index contributed by atoms with van der Waals surface area (Å²) in [6.07, 6.45) is 6.68. The van der Waals surface area contributed by atoms with Crippen LogP contribution in [0.1, 0.15) is 37.1 Å². The highest BCUT2D eigenvalue weighted by Gasteiger charge is 2.18. The first-order chi connectivity index (χ1) is 11.6. The first kappa shape index (κ1) is 15.8. The molecule has 122 valence electrons. The summed E-state index contributed by atoms with van der Waals surface area (Å²) in [5.41, 5.74) is 2.37. The predicted octanol–water partition coefficient (Wildman–Crippen LogP) is 3.18. The number of benzene rings is 1. The minimum atomic E-state index is -0.842. The van der Waals surface area contributed by atoms with Crippen molar-refractivity contribution in [2.45, 2.75) is 32.4 Å². The van der Waals surface area contributed by atoms with Crippen molar-refractivity contribution in [3.05, 3.63) is 54.2 Å². The van der Waals surface area contributed by atoms with Crippen LogP contribution >= 0.6 is 0 Å². The molecule has 1 atom stereocenters. The summed E-state index contributed by atoms with van der Waals surface area (Å²) in [6, 6.07) is 9.12. The normalized spacial score (nSPS) is 12.2. The Balaban J connectivity index is 1.87. The zero-order valence-electron chi connectivity index (χ0n) is 13.4. The Morgan fingerprint density at radius 2 is 2.25 bits per heavy atom. The fourth-order valence-electron chi connectivity index (χ4n) is 2.87. The molecule has 6 heteroatoms. The van der Waals surface area contributed by atoms with Crippen molar-refractivity contribution in [3.8, 4) is 6.07 Å². The van der Waals surface area contributed by atoms with Gasteiger partial charge in [-0.25, -0.2) is 9.78 Å². The van der Waals surface area contributed by atoms with Gasteiger partial charge in [0.05, 0.1) is 30.2 Å². The Bertz CT molecular complexity index is 917. The Morgan fingerprint density at radius 3 is 2.96 bits per heavy atom. The highest BCUT2D eigenvalue weighted by atomic mass is 16.4. The van der Waals surface area contributed by atoms with Crippen LogP contribution in [0, 0.1) is 11.3 Å². The van der Waals surface area contributed by atoms with E-state index in [1.54, 1.807) is 23.2 Å². The van der Waals surface area contributed by atoms with E-state index in [2.05, 4.69) is 11.1 Å². The van der Waals surface area contributed by atoms with Crippen molar-refractivity contribution >= 4 is 16.9 Å². The molecule has 0 fully saturated rings. The van der Waals surface area contributed by atoms with Gasteiger partial charge in [0.1, 0.15) is 6.04 Å². The molecule has 2 aromatic heterocycles. The van der Waals surface area contributed by atoms with Crippen molar-refractivity contribution < 1.29 is 9.90 Å². The molecule has 0 aliphatic rings. The lowest BCUT2D eigenvalue weighted by Crippen LogP contribution is -2.17. The molecule has 3 rings (SSSR count). The number of nitrogens with zero attached hydrogens (tertiary/aromatic N) is 4. The number of aromatic nitrogens is 3. The zero-order valence-corrected chi connectivity index (χ0v) is 13.4. The number of carbonyl (C=O) groups is 1. The van der Waals surface area contributed by atoms with E-state index in [0.717, 1.165) is 23.0 Å². The molecule has 1 N–H and O–H groups in total. The maximum absolute atomic E-state index is 11.4. The molecule has 0 radical (unpaired) electrons. The van der Waals surface area contributed by atoms with E-state index >= 15 is 0 Å². The zero-order chi connectivity index (χ0) is 17.1. The molecule has 0 aliphatic heterocycles. The Morgan fingerprint density at radius 1 is 1.42 bits per heavy atom. The van der Waals surface area contributed by atoms with E-state index in [4.69, 9.17) is 5.26 Å². The van der Waals surface area contributed by atoms with Crippen LogP contribution in [-0.4, -0.2) is 25.2 Å². The van der Waals surface area contributed by atoms with Crippen LogP contribution in [0.4, 0.5) is 0 Å². The summed E-state index contributed by atoms with van der Waals surface area (Å²) < 4.78 is 3.67. The average Bonchev–Trinajstić information content (AvgIpc) is 3.19. The van der Waals surface area contributed by atoms with Crippen LogP contribution in [0.25, 0.3) is 10.9 Å². The number of imidazole rings is 1. The number of aliphatic carboxylic acids is 1. The second-order valence-electron chi connectivity index (χ2n) is 5.78. The van der Waals surface area contributed by atoms with Gasteiger partial charge in [0.25, 0.3) is 0 Å². The molecular weight excluding hydrogens is 304 g/mol. The third kappa shape index (κ3) is 3.01. The van der Waals surface area contributed by atoms with Gasteiger partial charge in [-0.1, -0.05) is 19.4 Å². The number of nitriles is 1. The molecule has 0 aliphatic carbocycles. The first-order valence-electron chi connectivity index (χ1n) is 7.86. The summed E-state index contributed by atoms with van der Waals surface area (Å²) >= 11 is 0. The third-order valence-corrected chi connectivity index (χ3v) is 4.10. The maximum atomic E-state index is 11.4. The number of carboxylic acid groups (broad SMARTS) is 1. The van der Waals surface area contributed by atoms with Gasteiger partial charge in [0.15, 0.2) is 0 Å². The van der Waals surface area contributed by atoms with E-state index in [1.165, 1.54) is 0 Å². The fourth-order valence-corrected chi connectivity index (χ4v) is 2.87. The average molecular weight is 322 g/mol.